The van der Waals surface area contributed by atoms with E-state index in [0.29, 0.717) is 12.1 Å². The van der Waals surface area contributed by atoms with Crippen LogP contribution < -0.4 is 10.6 Å². The van der Waals surface area contributed by atoms with E-state index < -0.39 is 0 Å². The van der Waals surface area contributed by atoms with Crippen LogP contribution in [0.4, 0.5) is 5.69 Å². The molecule has 88 valence electrons. The minimum Gasteiger partial charge on any atom is -0.371 e. The van der Waals surface area contributed by atoms with Crippen LogP contribution in [-0.2, 0) is 0 Å². The van der Waals surface area contributed by atoms with Gasteiger partial charge in [-0.2, -0.15) is 0 Å². The number of halogens is 1. The SMILES string of the molecule is CN(c1ccncc1Br)C1CCC(N)CC1. The molecular weight excluding hydrogens is 266 g/mol. The number of nitrogens with zero attached hydrogens (tertiary/aromatic N) is 2. The summed E-state index contributed by atoms with van der Waals surface area (Å²) in [5.41, 5.74) is 7.15. The first-order valence-corrected chi connectivity index (χ1v) is 6.55. The van der Waals surface area contributed by atoms with Gasteiger partial charge in [0.25, 0.3) is 0 Å². The first kappa shape index (κ1) is 11.9. The quantitative estimate of drug-likeness (QED) is 0.907. The van der Waals surface area contributed by atoms with Gasteiger partial charge in [-0.05, 0) is 47.7 Å². The summed E-state index contributed by atoms with van der Waals surface area (Å²) in [6.07, 6.45) is 8.33. The van der Waals surface area contributed by atoms with Gasteiger partial charge in [0.05, 0.1) is 10.2 Å². The molecule has 1 saturated carbocycles. The molecule has 0 spiro atoms. The number of aromatic nitrogens is 1. The summed E-state index contributed by atoms with van der Waals surface area (Å²) in [4.78, 5) is 6.44. The Morgan fingerprint density at radius 3 is 2.69 bits per heavy atom. The Morgan fingerprint density at radius 2 is 2.06 bits per heavy atom. The van der Waals surface area contributed by atoms with E-state index in [4.69, 9.17) is 5.73 Å². The Hall–Kier alpha value is -0.610. The maximum Gasteiger partial charge on any atom is 0.0592 e. The molecule has 1 aliphatic carbocycles. The summed E-state index contributed by atoms with van der Waals surface area (Å²) in [5.74, 6) is 0. The summed E-state index contributed by atoms with van der Waals surface area (Å²) in [6.45, 7) is 0. The summed E-state index contributed by atoms with van der Waals surface area (Å²) < 4.78 is 1.06. The van der Waals surface area contributed by atoms with Crippen molar-refractivity contribution < 1.29 is 0 Å². The van der Waals surface area contributed by atoms with E-state index in [0.717, 1.165) is 17.3 Å². The second-order valence-corrected chi connectivity index (χ2v) is 5.36. The van der Waals surface area contributed by atoms with E-state index in [1.165, 1.54) is 18.5 Å². The second-order valence-electron chi connectivity index (χ2n) is 4.51. The van der Waals surface area contributed by atoms with Gasteiger partial charge >= 0.3 is 0 Å². The molecule has 0 aliphatic heterocycles. The Morgan fingerprint density at radius 1 is 1.38 bits per heavy atom. The zero-order valence-electron chi connectivity index (χ0n) is 9.56. The fourth-order valence-corrected chi connectivity index (χ4v) is 2.87. The van der Waals surface area contributed by atoms with Gasteiger partial charge in [-0.1, -0.05) is 0 Å². The van der Waals surface area contributed by atoms with Crippen molar-refractivity contribution in [3.63, 3.8) is 0 Å². The Labute approximate surface area is 105 Å². The minimum atomic E-state index is 0.408. The van der Waals surface area contributed by atoms with Gasteiger partial charge in [0.1, 0.15) is 0 Å². The van der Waals surface area contributed by atoms with Crippen LogP contribution in [0.3, 0.4) is 0 Å². The van der Waals surface area contributed by atoms with Gasteiger partial charge < -0.3 is 10.6 Å². The van der Waals surface area contributed by atoms with Gasteiger partial charge in [-0.15, -0.1) is 0 Å². The van der Waals surface area contributed by atoms with Crippen LogP contribution in [0.15, 0.2) is 22.9 Å². The number of rotatable bonds is 2. The molecule has 0 saturated heterocycles. The fraction of sp³-hybridized carbons (Fsp3) is 0.583. The maximum atomic E-state index is 5.93. The highest BCUT2D eigenvalue weighted by molar-refractivity contribution is 9.10. The van der Waals surface area contributed by atoms with E-state index in [9.17, 15) is 0 Å². The molecule has 4 heteroatoms. The maximum absolute atomic E-state index is 5.93. The van der Waals surface area contributed by atoms with Gasteiger partial charge in [0, 0.05) is 31.5 Å². The van der Waals surface area contributed by atoms with Crippen molar-refractivity contribution in [2.75, 3.05) is 11.9 Å². The van der Waals surface area contributed by atoms with Gasteiger partial charge in [0.2, 0.25) is 0 Å². The number of pyridine rings is 1. The number of hydrogen-bond acceptors (Lipinski definition) is 3. The number of hydrogen-bond donors (Lipinski definition) is 1. The van der Waals surface area contributed by atoms with Crippen LogP contribution in [0.5, 0.6) is 0 Å². The predicted octanol–water partition coefficient (Wildman–Crippen LogP) is 2.55. The van der Waals surface area contributed by atoms with Crippen LogP contribution >= 0.6 is 15.9 Å². The lowest BCUT2D eigenvalue weighted by Crippen LogP contribution is -2.38. The van der Waals surface area contributed by atoms with Crippen LogP contribution in [0.25, 0.3) is 0 Å². The van der Waals surface area contributed by atoms with Crippen molar-refractivity contribution in [2.45, 2.75) is 37.8 Å². The van der Waals surface area contributed by atoms with E-state index in [1.807, 2.05) is 12.4 Å². The lowest BCUT2D eigenvalue weighted by atomic mass is 9.91. The molecule has 3 nitrogen and oxygen atoms in total. The third-order valence-corrected chi connectivity index (χ3v) is 4.03. The van der Waals surface area contributed by atoms with Crippen molar-refractivity contribution in [3.8, 4) is 0 Å². The molecule has 1 aliphatic rings. The van der Waals surface area contributed by atoms with Gasteiger partial charge in [-0.3, -0.25) is 4.98 Å². The predicted molar refractivity (Wildman–Crippen MR) is 70.6 cm³/mol. The molecule has 1 fully saturated rings. The molecule has 16 heavy (non-hydrogen) atoms. The topological polar surface area (TPSA) is 42.2 Å². The average molecular weight is 284 g/mol. The van der Waals surface area contributed by atoms with Crippen molar-refractivity contribution in [1.29, 1.82) is 0 Å². The number of nitrogens with two attached hydrogens (primary N) is 1. The second kappa shape index (κ2) is 5.15. The standard InChI is InChI=1S/C12H18BrN3/c1-16(10-4-2-9(14)3-5-10)12-6-7-15-8-11(12)13/h6-10H,2-5,14H2,1H3. The molecule has 0 atom stereocenters. The lowest BCUT2D eigenvalue weighted by molar-refractivity contribution is 0.385. The van der Waals surface area contributed by atoms with Gasteiger partial charge in [-0.25, -0.2) is 0 Å². The monoisotopic (exact) mass is 283 g/mol. The highest BCUT2D eigenvalue weighted by Crippen LogP contribution is 2.30. The smallest absolute Gasteiger partial charge is 0.0592 e. The Kier molecular flexibility index (Phi) is 3.82. The first-order chi connectivity index (χ1) is 7.68. The molecule has 1 aromatic heterocycles. The van der Waals surface area contributed by atoms with Crippen molar-refractivity contribution in [2.24, 2.45) is 5.73 Å². The molecule has 0 amide bonds. The highest BCUT2D eigenvalue weighted by Gasteiger charge is 2.22. The zero-order chi connectivity index (χ0) is 11.5. The summed E-state index contributed by atoms with van der Waals surface area (Å²) in [5, 5.41) is 0. The third-order valence-electron chi connectivity index (χ3n) is 3.42. The third kappa shape index (κ3) is 2.55. The van der Waals surface area contributed by atoms with E-state index >= 15 is 0 Å². The summed E-state index contributed by atoms with van der Waals surface area (Å²) in [6, 6.07) is 3.07. The molecule has 0 radical (unpaired) electrons. The molecule has 1 aromatic rings. The molecular formula is C12H18BrN3. The summed E-state index contributed by atoms with van der Waals surface area (Å²) in [7, 11) is 2.15. The number of anilines is 1. The van der Waals surface area contributed by atoms with Crippen LogP contribution in [0, 0.1) is 0 Å². The minimum absolute atomic E-state index is 0.408. The average Bonchev–Trinajstić information content (AvgIpc) is 2.30. The first-order valence-electron chi connectivity index (χ1n) is 5.76. The molecule has 0 unspecified atom stereocenters. The van der Waals surface area contributed by atoms with E-state index in [-0.39, 0.29) is 0 Å². The van der Waals surface area contributed by atoms with Crippen molar-refractivity contribution >= 4 is 21.6 Å². The van der Waals surface area contributed by atoms with Crippen molar-refractivity contribution in [3.05, 3.63) is 22.9 Å². The molecule has 2 N–H and O–H groups in total. The van der Waals surface area contributed by atoms with Crippen LogP contribution in [-0.4, -0.2) is 24.1 Å². The van der Waals surface area contributed by atoms with Crippen LogP contribution in [0.2, 0.25) is 0 Å². The molecule has 1 heterocycles. The van der Waals surface area contributed by atoms with Crippen LogP contribution in [0.1, 0.15) is 25.7 Å². The molecule has 2 rings (SSSR count). The summed E-state index contributed by atoms with van der Waals surface area (Å²) >= 11 is 3.55. The Balaban J connectivity index is 2.07. The lowest BCUT2D eigenvalue weighted by Gasteiger charge is -2.35. The highest BCUT2D eigenvalue weighted by atomic mass is 79.9. The zero-order valence-corrected chi connectivity index (χ0v) is 11.2. The van der Waals surface area contributed by atoms with Gasteiger partial charge in [0.15, 0.2) is 0 Å². The van der Waals surface area contributed by atoms with Crippen molar-refractivity contribution in [1.82, 2.24) is 4.98 Å². The molecule has 0 bridgehead atoms. The largest absolute Gasteiger partial charge is 0.371 e. The normalized spacial score (nSPS) is 25.4. The Bertz CT molecular complexity index is 348. The fourth-order valence-electron chi connectivity index (χ4n) is 2.34. The molecule has 0 aromatic carbocycles. The van der Waals surface area contributed by atoms with E-state index in [2.05, 4.69) is 38.9 Å². The van der Waals surface area contributed by atoms with E-state index in [1.54, 1.807) is 0 Å².